The molecular formula is C15H26N4. The van der Waals surface area contributed by atoms with E-state index in [1.807, 2.05) is 18.5 Å². The van der Waals surface area contributed by atoms with Gasteiger partial charge in [-0.2, -0.15) is 0 Å². The highest BCUT2D eigenvalue weighted by Gasteiger charge is 2.27. The zero-order valence-corrected chi connectivity index (χ0v) is 12.3. The molecule has 1 fully saturated rings. The van der Waals surface area contributed by atoms with Crippen molar-refractivity contribution < 1.29 is 0 Å². The fraction of sp³-hybridized carbons (Fsp3) is 0.667. The molecule has 0 saturated carbocycles. The number of nitrogens with two attached hydrogens (primary N) is 1. The quantitative estimate of drug-likeness (QED) is 0.873. The van der Waals surface area contributed by atoms with Crippen LogP contribution in [0.4, 0.5) is 0 Å². The van der Waals surface area contributed by atoms with Gasteiger partial charge < -0.3 is 10.6 Å². The summed E-state index contributed by atoms with van der Waals surface area (Å²) in [6.07, 6.45) is 6.35. The molecule has 0 amide bonds. The summed E-state index contributed by atoms with van der Waals surface area (Å²) in [4.78, 5) is 9.06. The Balaban J connectivity index is 2.07. The Hall–Kier alpha value is -0.970. The van der Waals surface area contributed by atoms with Crippen molar-refractivity contribution in [3.05, 3.63) is 30.1 Å². The number of likely N-dealkylation sites (N-methyl/N-ethyl adjacent to an activating group) is 2. The third-order valence-electron chi connectivity index (χ3n) is 4.17. The maximum Gasteiger partial charge on any atom is 0.0509 e. The predicted molar refractivity (Wildman–Crippen MR) is 78.9 cm³/mol. The minimum absolute atomic E-state index is 0.0981. The zero-order chi connectivity index (χ0) is 13.8. The molecule has 1 aromatic heterocycles. The van der Waals surface area contributed by atoms with Crippen LogP contribution >= 0.6 is 0 Å². The van der Waals surface area contributed by atoms with Gasteiger partial charge in [0.05, 0.1) is 6.04 Å². The average molecular weight is 262 g/mol. The normalized spacial score (nSPS) is 23.7. The van der Waals surface area contributed by atoms with Gasteiger partial charge in [0.25, 0.3) is 0 Å². The van der Waals surface area contributed by atoms with E-state index >= 15 is 0 Å². The third-order valence-corrected chi connectivity index (χ3v) is 4.17. The SMILES string of the molecule is CC(N)C(c1cccnc1)N(C)CC1CCCN1C. The average Bonchev–Trinajstić information content (AvgIpc) is 2.76. The van der Waals surface area contributed by atoms with Crippen LogP contribution in [0.15, 0.2) is 24.5 Å². The molecule has 0 aromatic carbocycles. The Morgan fingerprint density at radius 1 is 1.58 bits per heavy atom. The molecule has 3 atom stereocenters. The molecule has 3 unspecified atom stereocenters. The van der Waals surface area contributed by atoms with Crippen LogP contribution in [0.3, 0.4) is 0 Å². The van der Waals surface area contributed by atoms with Crippen LogP contribution in [0.1, 0.15) is 31.4 Å². The highest BCUT2D eigenvalue weighted by atomic mass is 15.2. The molecule has 2 heterocycles. The van der Waals surface area contributed by atoms with E-state index in [9.17, 15) is 0 Å². The molecule has 19 heavy (non-hydrogen) atoms. The lowest BCUT2D eigenvalue weighted by Gasteiger charge is -2.34. The molecular weight excluding hydrogens is 236 g/mol. The molecule has 0 radical (unpaired) electrons. The summed E-state index contributed by atoms with van der Waals surface area (Å²) >= 11 is 0. The van der Waals surface area contributed by atoms with Crippen molar-refractivity contribution in [1.82, 2.24) is 14.8 Å². The Labute approximate surface area is 116 Å². The van der Waals surface area contributed by atoms with Gasteiger partial charge in [-0.05, 0) is 52.0 Å². The fourth-order valence-electron chi connectivity index (χ4n) is 3.17. The molecule has 0 bridgehead atoms. The molecule has 4 heteroatoms. The Morgan fingerprint density at radius 2 is 2.37 bits per heavy atom. The van der Waals surface area contributed by atoms with Gasteiger partial charge in [0, 0.05) is 31.0 Å². The van der Waals surface area contributed by atoms with Crippen molar-refractivity contribution in [1.29, 1.82) is 0 Å². The van der Waals surface area contributed by atoms with E-state index in [1.54, 1.807) is 0 Å². The van der Waals surface area contributed by atoms with Gasteiger partial charge in [-0.3, -0.25) is 9.88 Å². The number of hydrogen-bond donors (Lipinski definition) is 1. The van der Waals surface area contributed by atoms with Crippen LogP contribution < -0.4 is 5.73 Å². The summed E-state index contributed by atoms with van der Waals surface area (Å²) in [6, 6.07) is 5.10. The summed E-state index contributed by atoms with van der Waals surface area (Å²) in [6.45, 7) is 4.36. The first-order valence-electron chi connectivity index (χ1n) is 7.15. The number of nitrogens with zero attached hydrogens (tertiary/aromatic N) is 3. The van der Waals surface area contributed by atoms with Crippen LogP contribution in [0.5, 0.6) is 0 Å². The van der Waals surface area contributed by atoms with Crippen molar-refractivity contribution in [2.45, 2.75) is 37.9 Å². The third kappa shape index (κ3) is 3.53. The van der Waals surface area contributed by atoms with Crippen LogP contribution in [-0.2, 0) is 0 Å². The first-order chi connectivity index (χ1) is 9.09. The van der Waals surface area contributed by atoms with Gasteiger partial charge in [-0.15, -0.1) is 0 Å². The lowest BCUT2D eigenvalue weighted by molar-refractivity contribution is 0.162. The molecule has 106 valence electrons. The zero-order valence-electron chi connectivity index (χ0n) is 12.3. The van der Waals surface area contributed by atoms with E-state index in [0.29, 0.717) is 6.04 Å². The summed E-state index contributed by atoms with van der Waals surface area (Å²) in [7, 11) is 4.39. The second-order valence-corrected chi connectivity index (χ2v) is 5.81. The minimum atomic E-state index is 0.0981. The van der Waals surface area contributed by atoms with E-state index < -0.39 is 0 Å². The second-order valence-electron chi connectivity index (χ2n) is 5.81. The molecule has 1 aromatic rings. The van der Waals surface area contributed by atoms with Crippen LogP contribution in [0, 0.1) is 0 Å². The molecule has 4 nitrogen and oxygen atoms in total. The molecule has 1 aliphatic heterocycles. The molecule has 1 aliphatic rings. The van der Waals surface area contributed by atoms with Gasteiger partial charge in [-0.1, -0.05) is 6.07 Å². The summed E-state index contributed by atoms with van der Waals surface area (Å²) in [5.74, 6) is 0. The van der Waals surface area contributed by atoms with Crippen LogP contribution in [0.2, 0.25) is 0 Å². The molecule has 0 aliphatic carbocycles. The maximum atomic E-state index is 6.20. The standard InChI is InChI=1S/C15H26N4/c1-12(16)15(13-6-4-8-17-10-13)19(3)11-14-7-5-9-18(14)2/h4,6,8,10,12,14-15H,5,7,9,11,16H2,1-3H3. The lowest BCUT2D eigenvalue weighted by atomic mass is 10.0. The number of aromatic nitrogens is 1. The molecule has 1 saturated heterocycles. The van der Waals surface area contributed by atoms with E-state index in [1.165, 1.54) is 24.9 Å². The topological polar surface area (TPSA) is 45.4 Å². The Bertz CT molecular complexity index is 379. The first kappa shape index (κ1) is 14.4. The number of pyridine rings is 1. The van der Waals surface area contributed by atoms with Crippen molar-refractivity contribution in [2.24, 2.45) is 5.73 Å². The van der Waals surface area contributed by atoms with Gasteiger partial charge in [-0.25, -0.2) is 0 Å². The molecule has 2 N–H and O–H groups in total. The smallest absolute Gasteiger partial charge is 0.0509 e. The molecule has 2 rings (SSSR count). The van der Waals surface area contributed by atoms with E-state index in [-0.39, 0.29) is 12.1 Å². The fourth-order valence-corrected chi connectivity index (χ4v) is 3.17. The van der Waals surface area contributed by atoms with Crippen molar-refractivity contribution in [2.75, 3.05) is 27.2 Å². The van der Waals surface area contributed by atoms with Gasteiger partial charge in [0.2, 0.25) is 0 Å². The summed E-state index contributed by atoms with van der Waals surface area (Å²) in [5, 5.41) is 0. The second kappa shape index (κ2) is 6.46. The summed E-state index contributed by atoms with van der Waals surface area (Å²) in [5.41, 5.74) is 7.40. The Morgan fingerprint density at radius 3 is 2.89 bits per heavy atom. The van der Waals surface area contributed by atoms with Gasteiger partial charge >= 0.3 is 0 Å². The predicted octanol–water partition coefficient (Wildman–Crippen LogP) is 1.50. The first-order valence-corrected chi connectivity index (χ1v) is 7.15. The highest BCUT2D eigenvalue weighted by Crippen LogP contribution is 2.24. The van der Waals surface area contributed by atoms with E-state index in [0.717, 1.165) is 6.54 Å². The van der Waals surface area contributed by atoms with Gasteiger partial charge in [0.1, 0.15) is 0 Å². The Kier molecular flexibility index (Phi) is 4.91. The lowest BCUT2D eigenvalue weighted by Crippen LogP contribution is -2.43. The monoisotopic (exact) mass is 262 g/mol. The van der Waals surface area contributed by atoms with Crippen LogP contribution in [-0.4, -0.2) is 54.1 Å². The largest absolute Gasteiger partial charge is 0.326 e. The van der Waals surface area contributed by atoms with E-state index in [2.05, 4.69) is 41.9 Å². The highest BCUT2D eigenvalue weighted by molar-refractivity contribution is 5.16. The molecule has 0 spiro atoms. The minimum Gasteiger partial charge on any atom is -0.326 e. The van der Waals surface area contributed by atoms with Gasteiger partial charge in [0.15, 0.2) is 0 Å². The van der Waals surface area contributed by atoms with Crippen molar-refractivity contribution in [3.63, 3.8) is 0 Å². The van der Waals surface area contributed by atoms with Crippen molar-refractivity contribution in [3.8, 4) is 0 Å². The van der Waals surface area contributed by atoms with Crippen molar-refractivity contribution >= 4 is 0 Å². The number of rotatable bonds is 5. The van der Waals surface area contributed by atoms with E-state index in [4.69, 9.17) is 5.73 Å². The number of hydrogen-bond acceptors (Lipinski definition) is 4. The summed E-state index contributed by atoms with van der Waals surface area (Å²) < 4.78 is 0. The number of likely N-dealkylation sites (tertiary alicyclic amines) is 1. The maximum absolute atomic E-state index is 6.20. The van der Waals surface area contributed by atoms with Crippen LogP contribution in [0.25, 0.3) is 0 Å².